The van der Waals surface area contributed by atoms with Crippen LogP contribution in [-0.2, 0) is 11.0 Å². The molecule has 0 heterocycles. The highest BCUT2D eigenvalue weighted by molar-refractivity contribution is 6.31. The molecule has 1 aliphatic rings. The van der Waals surface area contributed by atoms with Crippen LogP contribution in [0.4, 0.5) is 18.9 Å². The molecule has 28 heavy (non-hydrogen) atoms. The van der Waals surface area contributed by atoms with Crippen molar-refractivity contribution in [1.82, 2.24) is 0 Å². The van der Waals surface area contributed by atoms with Crippen molar-refractivity contribution in [3.63, 3.8) is 0 Å². The molecular weight excluding hydrogens is 395 g/mol. The molecule has 1 amide bonds. The van der Waals surface area contributed by atoms with E-state index in [1.165, 1.54) is 30.4 Å². The number of carboxylic acids is 1. The molecule has 3 rings (SSSR count). The third-order valence-corrected chi connectivity index (χ3v) is 4.57. The molecule has 0 saturated heterocycles. The first-order valence-corrected chi connectivity index (χ1v) is 8.76. The van der Waals surface area contributed by atoms with Crippen LogP contribution in [0.2, 0.25) is 5.02 Å². The minimum atomic E-state index is -4.57. The Bertz CT molecular complexity index is 966. The van der Waals surface area contributed by atoms with Gasteiger partial charge in [-0.1, -0.05) is 35.9 Å². The molecule has 2 N–H and O–H groups in total. The number of nitrogens with one attached hydrogen (secondary N) is 1. The molecule has 2 aromatic rings. The fourth-order valence-electron chi connectivity index (χ4n) is 2.59. The summed E-state index contributed by atoms with van der Waals surface area (Å²) in [5.41, 5.74) is -0.124. The van der Waals surface area contributed by atoms with E-state index in [2.05, 4.69) is 5.32 Å². The molecule has 1 aliphatic carbocycles. The van der Waals surface area contributed by atoms with E-state index in [0.717, 1.165) is 25.0 Å². The van der Waals surface area contributed by atoms with Crippen LogP contribution in [0.5, 0.6) is 0 Å². The molecule has 1 saturated carbocycles. The third kappa shape index (κ3) is 4.72. The van der Waals surface area contributed by atoms with Gasteiger partial charge in [0.25, 0.3) is 0 Å². The van der Waals surface area contributed by atoms with Crippen LogP contribution < -0.4 is 5.32 Å². The van der Waals surface area contributed by atoms with E-state index < -0.39 is 22.7 Å². The van der Waals surface area contributed by atoms with Gasteiger partial charge >= 0.3 is 12.1 Å². The number of carbonyl (C=O) groups excluding carboxylic acids is 1. The van der Waals surface area contributed by atoms with Gasteiger partial charge in [0.2, 0.25) is 5.91 Å². The predicted molar refractivity (Wildman–Crippen MR) is 100 cm³/mol. The van der Waals surface area contributed by atoms with Crippen molar-refractivity contribution < 1.29 is 27.9 Å². The molecular formula is C20H15ClF3NO3. The minimum Gasteiger partial charge on any atom is -0.478 e. The Morgan fingerprint density at radius 2 is 1.68 bits per heavy atom. The molecule has 2 aromatic carbocycles. The Morgan fingerprint density at radius 3 is 2.25 bits per heavy atom. The quantitative estimate of drug-likeness (QED) is 0.634. The van der Waals surface area contributed by atoms with Crippen LogP contribution >= 0.6 is 11.6 Å². The highest BCUT2D eigenvalue weighted by Crippen LogP contribution is 2.35. The van der Waals surface area contributed by atoms with Crippen molar-refractivity contribution in [3.05, 3.63) is 63.7 Å². The van der Waals surface area contributed by atoms with Crippen LogP contribution in [0.15, 0.2) is 36.4 Å². The average molecular weight is 410 g/mol. The van der Waals surface area contributed by atoms with Crippen molar-refractivity contribution >= 4 is 41.3 Å². The predicted octanol–water partition coefficient (Wildman–Crippen LogP) is 5.58. The smallest absolute Gasteiger partial charge is 0.417 e. The van der Waals surface area contributed by atoms with E-state index in [0.29, 0.717) is 5.56 Å². The fraction of sp³-hybridized carbons (Fsp3) is 0.200. The Balaban J connectivity index is 1.85. The fourth-order valence-corrected chi connectivity index (χ4v) is 2.81. The summed E-state index contributed by atoms with van der Waals surface area (Å²) in [7, 11) is 0. The van der Waals surface area contributed by atoms with Gasteiger partial charge in [0.15, 0.2) is 0 Å². The second kappa shape index (κ2) is 7.67. The van der Waals surface area contributed by atoms with E-state index in [-0.39, 0.29) is 28.6 Å². The lowest BCUT2D eigenvalue weighted by atomic mass is 10.1. The molecule has 0 unspecified atom stereocenters. The normalized spacial score (nSPS) is 14.3. The lowest BCUT2D eigenvalue weighted by Gasteiger charge is -2.10. The zero-order valence-corrected chi connectivity index (χ0v) is 15.1. The van der Waals surface area contributed by atoms with Crippen LogP contribution in [0, 0.1) is 5.92 Å². The van der Waals surface area contributed by atoms with Crippen LogP contribution in [0.25, 0.3) is 12.2 Å². The highest BCUT2D eigenvalue weighted by atomic mass is 35.5. The van der Waals surface area contributed by atoms with Gasteiger partial charge in [0.1, 0.15) is 0 Å². The summed E-state index contributed by atoms with van der Waals surface area (Å²) in [4.78, 5) is 23.4. The summed E-state index contributed by atoms with van der Waals surface area (Å²) in [6.45, 7) is 0. The van der Waals surface area contributed by atoms with Crippen molar-refractivity contribution in [1.29, 1.82) is 0 Å². The lowest BCUT2D eigenvalue weighted by molar-refractivity contribution is -0.137. The van der Waals surface area contributed by atoms with E-state index in [4.69, 9.17) is 11.6 Å². The highest BCUT2D eigenvalue weighted by Gasteiger charge is 2.33. The van der Waals surface area contributed by atoms with Crippen molar-refractivity contribution in [2.75, 3.05) is 5.32 Å². The van der Waals surface area contributed by atoms with Gasteiger partial charge in [0.05, 0.1) is 21.8 Å². The first-order chi connectivity index (χ1) is 13.1. The third-order valence-electron chi connectivity index (χ3n) is 4.24. The van der Waals surface area contributed by atoms with E-state index in [1.807, 2.05) is 0 Å². The molecule has 0 radical (unpaired) electrons. The Morgan fingerprint density at radius 1 is 1.07 bits per heavy atom. The summed E-state index contributed by atoms with van der Waals surface area (Å²) in [6, 6.07) is 7.89. The van der Waals surface area contributed by atoms with E-state index in [1.54, 1.807) is 6.07 Å². The topological polar surface area (TPSA) is 66.4 Å². The number of hydrogen-bond donors (Lipinski definition) is 2. The number of carbonyl (C=O) groups is 2. The summed E-state index contributed by atoms with van der Waals surface area (Å²) in [5.74, 6) is -1.51. The monoisotopic (exact) mass is 409 g/mol. The first-order valence-electron chi connectivity index (χ1n) is 8.38. The number of anilines is 1. The number of halogens is 4. The van der Waals surface area contributed by atoms with Gasteiger partial charge < -0.3 is 10.4 Å². The number of alkyl halides is 3. The maximum atomic E-state index is 12.9. The second-order valence-electron chi connectivity index (χ2n) is 6.44. The molecule has 0 aliphatic heterocycles. The SMILES string of the molecule is O=C(O)c1cc(C=Cc2ccc(Cl)c(C(F)(F)F)c2)ccc1NC(=O)C1CC1. The van der Waals surface area contributed by atoms with Gasteiger partial charge in [-0.15, -0.1) is 0 Å². The maximum Gasteiger partial charge on any atom is 0.417 e. The standard InChI is InChI=1S/C20H15ClF3NO3/c21-16-7-3-12(10-15(16)20(22,23)24)2-1-11-4-8-17(14(9-11)19(27)28)25-18(26)13-5-6-13/h1-4,7-10,13H,5-6H2,(H,25,26)(H,27,28). The molecule has 1 fully saturated rings. The van der Waals surface area contributed by atoms with Crippen molar-refractivity contribution in [3.8, 4) is 0 Å². The molecule has 146 valence electrons. The molecule has 4 nitrogen and oxygen atoms in total. The number of benzene rings is 2. The second-order valence-corrected chi connectivity index (χ2v) is 6.85. The number of amides is 1. The van der Waals surface area contributed by atoms with E-state index >= 15 is 0 Å². The van der Waals surface area contributed by atoms with Crippen LogP contribution in [0.1, 0.15) is 39.9 Å². The minimum absolute atomic E-state index is 0.0750. The number of rotatable bonds is 5. The summed E-state index contributed by atoms with van der Waals surface area (Å²) >= 11 is 5.60. The summed E-state index contributed by atoms with van der Waals surface area (Å²) in [6.07, 6.45) is -0.0811. The Hall–Kier alpha value is -2.80. The van der Waals surface area contributed by atoms with Gasteiger partial charge in [-0.3, -0.25) is 4.79 Å². The summed E-state index contributed by atoms with van der Waals surface area (Å²) in [5, 5.41) is 11.6. The Labute approximate surface area is 163 Å². The zero-order valence-electron chi connectivity index (χ0n) is 14.4. The van der Waals surface area contributed by atoms with Crippen LogP contribution in [-0.4, -0.2) is 17.0 Å². The maximum absolute atomic E-state index is 12.9. The lowest BCUT2D eigenvalue weighted by Crippen LogP contribution is -2.16. The summed E-state index contributed by atoms with van der Waals surface area (Å²) < 4.78 is 38.8. The number of aromatic carboxylic acids is 1. The van der Waals surface area contributed by atoms with Crippen molar-refractivity contribution in [2.45, 2.75) is 19.0 Å². The molecule has 0 bridgehead atoms. The number of hydrogen-bond acceptors (Lipinski definition) is 2. The molecule has 0 spiro atoms. The van der Waals surface area contributed by atoms with Gasteiger partial charge in [-0.25, -0.2) is 4.79 Å². The average Bonchev–Trinajstić information content (AvgIpc) is 3.46. The molecule has 8 heteroatoms. The molecule has 0 atom stereocenters. The largest absolute Gasteiger partial charge is 0.478 e. The Kier molecular flexibility index (Phi) is 5.47. The van der Waals surface area contributed by atoms with Gasteiger partial charge in [0, 0.05) is 5.92 Å². The number of carboxylic acid groups (broad SMARTS) is 1. The zero-order chi connectivity index (χ0) is 20.5. The van der Waals surface area contributed by atoms with Crippen LogP contribution in [0.3, 0.4) is 0 Å². The van der Waals surface area contributed by atoms with E-state index in [9.17, 15) is 27.9 Å². The molecule has 0 aromatic heterocycles. The van der Waals surface area contributed by atoms with Gasteiger partial charge in [-0.05, 0) is 48.2 Å². The van der Waals surface area contributed by atoms with Gasteiger partial charge in [-0.2, -0.15) is 13.2 Å². The first kappa shape index (κ1) is 19.9. The van der Waals surface area contributed by atoms with Crippen molar-refractivity contribution in [2.24, 2.45) is 5.92 Å².